The van der Waals surface area contributed by atoms with Crippen LogP contribution in [-0.2, 0) is 4.74 Å². The first-order valence-electron chi connectivity index (χ1n) is 18.4. The Balaban J connectivity index is 1.98. The van der Waals surface area contributed by atoms with Gasteiger partial charge in [-0.2, -0.15) is 0 Å². The molecule has 5 unspecified atom stereocenters. The van der Waals surface area contributed by atoms with Crippen LogP contribution in [0.4, 0.5) is 0 Å². The Morgan fingerprint density at radius 3 is 1.71 bits per heavy atom. The fourth-order valence-electron chi connectivity index (χ4n) is 6.54. The van der Waals surface area contributed by atoms with Crippen molar-refractivity contribution in [3.63, 3.8) is 0 Å². The minimum atomic E-state index is -0.0652. The van der Waals surface area contributed by atoms with Crippen molar-refractivity contribution < 1.29 is 4.74 Å². The van der Waals surface area contributed by atoms with Crippen molar-refractivity contribution in [1.82, 2.24) is 0 Å². The predicted octanol–water partition coefficient (Wildman–Crippen LogP) is 13.7. The van der Waals surface area contributed by atoms with E-state index in [4.69, 9.17) is 4.74 Å². The number of hydrogen-bond acceptors (Lipinski definition) is 1. The van der Waals surface area contributed by atoms with Gasteiger partial charge >= 0.3 is 0 Å². The average molecular weight is 585 g/mol. The molecule has 0 aliphatic heterocycles. The van der Waals surface area contributed by atoms with Crippen LogP contribution < -0.4 is 0 Å². The molecule has 6 atom stereocenters. The van der Waals surface area contributed by atoms with E-state index in [-0.39, 0.29) is 5.60 Å². The average Bonchev–Trinajstić information content (AvgIpc) is 3.68. The minimum Gasteiger partial charge on any atom is -0.378 e. The molecule has 1 aliphatic carbocycles. The van der Waals surface area contributed by atoms with E-state index in [2.05, 4.69) is 86.6 Å². The van der Waals surface area contributed by atoms with Gasteiger partial charge in [0.2, 0.25) is 0 Å². The van der Waals surface area contributed by atoms with Gasteiger partial charge in [-0.05, 0) is 102 Å². The normalized spacial score (nSPS) is 20.5. The molecule has 0 bridgehead atoms. The van der Waals surface area contributed by atoms with Crippen LogP contribution in [0.1, 0.15) is 178 Å². The summed E-state index contributed by atoms with van der Waals surface area (Å²) in [7, 11) is 1.79. The number of rotatable bonds is 26. The van der Waals surface area contributed by atoms with E-state index in [1.807, 2.05) is 0 Å². The van der Waals surface area contributed by atoms with Crippen LogP contribution in [-0.4, -0.2) is 12.7 Å². The standard InChI is InChI=1S/C41H76O/c1-33(2)29-30-40-32-39(40)28-16-26-37(6)24-14-21-35(4)19-12-11-18-34(3)20-13-22-36(5)23-15-25-38(7)27-17-31-41(8,9)42-10/h17,25,27,29,34-37,39-40H,11-16,18-24,26,28,30-32H2,1-10H3/b27-17+,38-25-/t34?,35?,36?,37?,39?,40-/m1/s1. The first-order chi connectivity index (χ1) is 19.9. The minimum absolute atomic E-state index is 0.0652. The van der Waals surface area contributed by atoms with Crippen LogP contribution in [0.5, 0.6) is 0 Å². The zero-order valence-electron chi connectivity index (χ0n) is 30.4. The first-order valence-corrected chi connectivity index (χ1v) is 18.4. The molecule has 0 amide bonds. The third-order valence-corrected chi connectivity index (χ3v) is 10.3. The molecule has 0 radical (unpaired) electrons. The van der Waals surface area contributed by atoms with Gasteiger partial charge in [-0.1, -0.05) is 147 Å². The summed E-state index contributed by atoms with van der Waals surface area (Å²) in [6.45, 7) is 20.9. The van der Waals surface area contributed by atoms with Gasteiger partial charge < -0.3 is 4.74 Å². The molecular formula is C41H76O. The quantitative estimate of drug-likeness (QED) is 0.0558. The highest BCUT2D eigenvalue weighted by Gasteiger charge is 2.34. The summed E-state index contributed by atoms with van der Waals surface area (Å²) < 4.78 is 5.50. The van der Waals surface area contributed by atoms with Gasteiger partial charge in [-0.15, -0.1) is 0 Å². The number of unbranched alkanes of at least 4 members (excludes halogenated alkanes) is 1. The van der Waals surface area contributed by atoms with Crippen molar-refractivity contribution in [3.8, 4) is 0 Å². The Labute approximate surface area is 265 Å². The van der Waals surface area contributed by atoms with Crippen molar-refractivity contribution in [1.29, 1.82) is 0 Å². The summed E-state index contributed by atoms with van der Waals surface area (Å²) in [5.41, 5.74) is 2.81. The van der Waals surface area contributed by atoms with Gasteiger partial charge in [0.05, 0.1) is 5.60 Å². The summed E-state index contributed by atoms with van der Waals surface area (Å²) in [4.78, 5) is 0. The van der Waals surface area contributed by atoms with Gasteiger partial charge in [-0.25, -0.2) is 0 Å². The summed E-state index contributed by atoms with van der Waals surface area (Å²) in [5.74, 6) is 5.65. The fourth-order valence-corrected chi connectivity index (χ4v) is 6.54. The number of hydrogen-bond donors (Lipinski definition) is 0. The van der Waals surface area contributed by atoms with Crippen LogP contribution in [0, 0.1) is 35.5 Å². The monoisotopic (exact) mass is 585 g/mol. The molecule has 246 valence electrons. The van der Waals surface area contributed by atoms with Crippen molar-refractivity contribution in [2.24, 2.45) is 35.5 Å². The SMILES string of the molecule is COC(C)(C)C/C=C/C(C)=C\CCC(C)CCCC(C)CCCCC(C)CCCC(C)CCCC1C[C@H]1CC=C(C)C. The van der Waals surface area contributed by atoms with Crippen molar-refractivity contribution in [2.45, 2.75) is 183 Å². The third-order valence-electron chi connectivity index (χ3n) is 10.3. The largest absolute Gasteiger partial charge is 0.378 e. The van der Waals surface area contributed by atoms with Gasteiger partial charge in [0.15, 0.2) is 0 Å². The molecule has 42 heavy (non-hydrogen) atoms. The number of ether oxygens (including phenoxy) is 1. The molecule has 1 heteroatoms. The first kappa shape index (κ1) is 39.2. The second-order valence-corrected chi connectivity index (χ2v) is 15.9. The molecule has 0 heterocycles. The lowest BCUT2D eigenvalue weighted by molar-refractivity contribution is 0.0255. The smallest absolute Gasteiger partial charge is 0.0657 e. The summed E-state index contributed by atoms with van der Waals surface area (Å²) in [6.07, 6.45) is 34.4. The van der Waals surface area contributed by atoms with Crippen LogP contribution in [0.2, 0.25) is 0 Å². The maximum absolute atomic E-state index is 5.50. The second kappa shape index (κ2) is 22.7. The molecule has 1 rings (SSSR count). The van der Waals surface area contributed by atoms with E-state index in [1.54, 1.807) is 7.11 Å². The van der Waals surface area contributed by atoms with Gasteiger partial charge in [0.25, 0.3) is 0 Å². The Kier molecular flexibility index (Phi) is 21.1. The maximum atomic E-state index is 5.50. The summed E-state index contributed by atoms with van der Waals surface area (Å²) in [5, 5.41) is 0. The van der Waals surface area contributed by atoms with E-state index >= 15 is 0 Å². The van der Waals surface area contributed by atoms with E-state index in [9.17, 15) is 0 Å². The molecule has 1 aliphatic rings. The lowest BCUT2D eigenvalue weighted by Crippen LogP contribution is -2.20. The summed E-state index contributed by atoms with van der Waals surface area (Å²) in [6, 6.07) is 0. The zero-order chi connectivity index (χ0) is 31.4. The highest BCUT2D eigenvalue weighted by atomic mass is 16.5. The Morgan fingerprint density at radius 2 is 1.19 bits per heavy atom. The number of methoxy groups -OCH3 is 1. The van der Waals surface area contributed by atoms with Crippen molar-refractivity contribution in [2.75, 3.05) is 7.11 Å². The van der Waals surface area contributed by atoms with Crippen LogP contribution in [0.15, 0.2) is 35.5 Å². The van der Waals surface area contributed by atoms with Crippen LogP contribution >= 0.6 is 0 Å². The van der Waals surface area contributed by atoms with E-state index in [0.29, 0.717) is 0 Å². The maximum Gasteiger partial charge on any atom is 0.0657 e. The molecule has 0 spiro atoms. The van der Waals surface area contributed by atoms with E-state index in [0.717, 1.165) is 41.9 Å². The summed E-state index contributed by atoms with van der Waals surface area (Å²) >= 11 is 0. The lowest BCUT2D eigenvalue weighted by Gasteiger charge is -2.20. The van der Waals surface area contributed by atoms with Crippen LogP contribution in [0.25, 0.3) is 0 Å². The molecule has 1 saturated carbocycles. The topological polar surface area (TPSA) is 9.23 Å². The molecule has 1 nitrogen and oxygen atoms in total. The molecule has 0 aromatic heterocycles. The van der Waals surface area contributed by atoms with Crippen LogP contribution in [0.3, 0.4) is 0 Å². The third kappa shape index (κ3) is 21.8. The second-order valence-electron chi connectivity index (χ2n) is 15.9. The predicted molar refractivity (Wildman–Crippen MR) is 190 cm³/mol. The van der Waals surface area contributed by atoms with E-state index < -0.39 is 0 Å². The van der Waals surface area contributed by atoms with E-state index in [1.165, 1.54) is 120 Å². The Bertz CT molecular complexity index is 751. The number of allylic oxidation sites excluding steroid dienone is 5. The molecule has 0 saturated heterocycles. The highest BCUT2D eigenvalue weighted by Crippen LogP contribution is 2.45. The highest BCUT2D eigenvalue weighted by molar-refractivity contribution is 5.16. The molecule has 0 aromatic rings. The van der Waals surface area contributed by atoms with Gasteiger partial charge in [0, 0.05) is 7.11 Å². The fraction of sp³-hybridized carbons (Fsp3) is 0.854. The molecule has 0 N–H and O–H groups in total. The van der Waals surface area contributed by atoms with Gasteiger partial charge in [0.1, 0.15) is 0 Å². The zero-order valence-corrected chi connectivity index (χ0v) is 30.4. The Morgan fingerprint density at radius 1 is 0.690 bits per heavy atom. The Hall–Kier alpha value is -0.820. The lowest BCUT2D eigenvalue weighted by atomic mass is 9.90. The van der Waals surface area contributed by atoms with Gasteiger partial charge in [-0.3, -0.25) is 0 Å². The molecular weight excluding hydrogens is 508 g/mol. The molecule has 0 aromatic carbocycles. The van der Waals surface area contributed by atoms with Crippen molar-refractivity contribution in [3.05, 3.63) is 35.5 Å². The molecule has 1 fully saturated rings. The van der Waals surface area contributed by atoms with Crippen molar-refractivity contribution >= 4 is 0 Å².